The van der Waals surface area contributed by atoms with Crippen LogP contribution in [0.15, 0.2) is 59.7 Å². The first-order valence-electron chi connectivity index (χ1n) is 13.0. The number of nitriles is 1. The second kappa shape index (κ2) is 10.5. The Morgan fingerprint density at radius 3 is 2.71 bits per heavy atom. The average molecular weight is 553 g/mol. The van der Waals surface area contributed by atoms with E-state index in [1.807, 2.05) is 6.07 Å². The maximum absolute atomic E-state index is 15.1. The minimum atomic E-state index is -0.571. The normalized spacial score (nSPS) is 12.9. The lowest BCUT2D eigenvalue weighted by Gasteiger charge is -2.16. The SMILES string of the molecule is N#Cc1cc(Nc2nc(N)nc(-c3cccc(-n4ccc5cc(C6CC6)cc(F)c5c4=O)c3CO)n2)cn1CCO. The van der Waals surface area contributed by atoms with Gasteiger partial charge in [-0.15, -0.1) is 0 Å². The molecule has 0 atom stereocenters. The van der Waals surface area contributed by atoms with Gasteiger partial charge in [-0.1, -0.05) is 18.2 Å². The summed E-state index contributed by atoms with van der Waals surface area (Å²) >= 11 is 0. The van der Waals surface area contributed by atoms with Crippen LogP contribution >= 0.6 is 0 Å². The third kappa shape index (κ3) is 4.88. The zero-order chi connectivity index (χ0) is 28.7. The number of fused-ring (bicyclic) bond motifs is 1. The molecule has 0 unspecified atom stereocenters. The van der Waals surface area contributed by atoms with Crippen LogP contribution in [0, 0.1) is 17.1 Å². The van der Waals surface area contributed by atoms with Crippen molar-refractivity contribution in [2.45, 2.75) is 31.9 Å². The van der Waals surface area contributed by atoms with Gasteiger partial charge in [-0.2, -0.15) is 20.2 Å². The minimum Gasteiger partial charge on any atom is -0.395 e. The van der Waals surface area contributed by atoms with E-state index in [1.54, 1.807) is 47.3 Å². The molecular formula is C29H25FN8O3. The van der Waals surface area contributed by atoms with Crippen LogP contribution in [0.2, 0.25) is 0 Å². The summed E-state index contributed by atoms with van der Waals surface area (Å²) in [6.45, 7) is -0.370. The Kier molecular flexibility index (Phi) is 6.66. The average Bonchev–Trinajstić information content (AvgIpc) is 3.74. The summed E-state index contributed by atoms with van der Waals surface area (Å²) in [5, 5.41) is 32.5. The topological polar surface area (TPSA) is 168 Å². The van der Waals surface area contributed by atoms with Crippen LogP contribution in [-0.4, -0.2) is 40.9 Å². The Morgan fingerprint density at radius 2 is 1.98 bits per heavy atom. The quantitative estimate of drug-likeness (QED) is 0.226. The number of aliphatic hydroxyl groups excluding tert-OH is 2. The van der Waals surface area contributed by atoms with E-state index in [9.17, 15) is 20.3 Å². The summed E-state index contributed by atoms with van der Waals surface area (Å²) in [6, 6.07) is 13.6. The number of nitrogen functional groups attached to an aromatic ring is 1. The van der Waals surface area contributed by atoms with Gasteiger partial charge in [0, 0.05) is 30.1 Å². The van der Waals surface area contributed by atoms with Crippen LogP contribution in [0.5, 0.6) is 0 Å². The molecule has 3 aromatic heterocycles. The molecule has 206 valence electrons. The Morgan fingerprint density at radius 1 is 1.15 bits per heavy atom. The molecule has 1 aliphatic rings. The van der Waals surface area contributed by atoms with Crippen molar-refractivity contribution in [1.82, 2.24) is 24.1 Å². The summed E-state index contributed by atoms with van der Waals surface area (Å²) in [6.07, 6.45) is 5.24. The number of nitrogens with zero attached hydrogens (tertiary/aromatic N) is 6. The number of aromatic nitrogens is 5. The Balaban J connectivity index is 1.41. The van der Waals surface area contributed by atoms with Crippen molar-refractivity contribution in [3.63, 3.8) is 0 Å². The summed E-state index contributed by atoms with van der Waals surface area (Å²) in [5.74, 6) is -0.105. The second-order valence-electron chi connectivity index (χ2n) is 9.80. The number of hydrogen-bond acceptors (Lipinski definition) is 9. The summed E-state index contributed by atoms with van der Waals surface area (Å²) < 4.78 is 18.0. The molecule has 1 saturated carbocycles. The highest BCUT2D eigenvalue weighted by molar-refractivity contribution is 5.83. The predicted octanol–water partition coefficient (Wildman–Crippen LogP) is 3.34. The van der Waals surface area contributed by atoms with Crippen molar-refractivity contribution in [1.29, 1.82) is 5.26 Å². The molecule has 0 bridgehead atoms. The van der Waals surface area contributed by atoms with Gasteiger partial charge in [-0.05, 0) is 54.0 Å². The van der Waals surface area contributed by atoms with Gasteiger partial charge in [0.25, 0.3) is 5.56 Å². The third-order valence-electron chi connectivity index (χ3n) is 7.10. The van der Waals surface area contributed by atoms with E-state index in [4.69, 9.17) is 5.73 Å². The lowest BCUT2D eigenvalue weighted by atomic mass is 10.0. The molecule has 0 saturated heterocycles. The zero-order valence-corrected chi connectivity index (χ0v) is 21.8. The Bertz CT molecular complexity index is 1910. The van der Waals surface area contributed by atoms with Gasteiger partial charge < -0.3 is 25.8 Å². The second-order valence-corrected chi connectivity index (χ2v) is 9.80. The first-order chi connectivity index (χ1) is 19.9. The number of pyridine rings is 1. The highest BCUT2D eigenvalue weighted by atomic mass is 19.1. The Hall–Kier alpha value is -5.12. The number of anilines is 3. The van der Waals surface area contributed by atoms with E-state index in [0.29, 0.717) is 39.5 Å². The van der Waals surface area contributed by atoms with Gasteiger partial charge in [-0.25, -0.2) is 4.39 Å². The molecule has 1 aliphatic carbocycles. The summed E-state index contributed by atoms with van der Waals surface area (Å²) in [5.41, 5.74) is 8.25. The van der Waals surface area contributed by atoms with Crippen molar-refractivity contribution in [3.8, 4) is 23.1 Å². The van der Waals surface area contributed by atoms with Crippen LogP contribution < -0.4 is 16.6 Å². The van der Waals surface area contributed by atoms with Crippen molar-refractivity contribution in [2.75, 3.05) is 17.7 Å². The van der Waals surface area contributed by atoms with Crippen LogP contribution in [0.25, 0.3) is 27.8 Å². The van der Waals surface area contributed by atoms with E-state index in [0.717, 1.165) is 18.4 Å². The fourth-order valence-corrected chi connectivity index (χ4v) is 5.03. The van der Waals surface area contributed by atoms with Gasteiger partial charge in [-0.3, -0.25) is 9.36 Å². The number of halogens is 1. The number of nitrogens with two attached hydrogens (primary N) is 1. The molecule has 3 heterocycles. The molecule has 2 aromatic carbocycles. The molecule has 5 aromatic rings. The predicted molar refractivity (Wildman–Crippen MR) is 150 cm³/mol. The molecule has 11 nitrogen and oxygen atoms in total. The van der Waals surface area contributed by atoms with Crippen LogP contribution in [0.1, 0.15) is 35.6 Å². The lowest BCUT2D eigenvalue weighted by molar-refractivity contribution is 0.276. The molecule has 0 radical (unpaired) electrons. The van der Waals surface area contributed by atoms with Gasteiger partial charge in [0.1, 0.15) is 17.6 Å². The lowest BCUT2D eigenvalue weighted by Crippen LogP contribution is -2.20. The molecule has 12 heteroatoms. The molecule has 1 fully saturated rings. The zero-order valence-electron chi connectivity index (χ0n) is 21.8. The number of hydrogen-bond donors (Lipinski definition) is 4. The van der Waals surface area contributed by atoms with Gasteiger partial charge >= 0.3 is 0 Å². The van der Waals surface area contributed by atoms with Crippen molar-refractivity contribution in [2.24, 2.45) is 0 Å². The van der Waals surface area contributed by atoms with Crippen molar-refractivity contribution >= 4 is 28.4 Å². The summed E-state index contributed by atoms with van der Waals surface area (Å²) in [4.78, 5) is 26.3. The Labute approximate surface area is 233 Å². The van der Waals surface area contributed by atoms with E-state index in [2.05, 4.69) is 26.3 Å². The fourth-order valence-electron chi connectivity index (χ4n) is 5.03. The van der Waals surface area contributed by atoms with Gasteiger partial charge in [0.05, 0.1) is 30.0 Å². The third-order valence-corrected chi connectivity index (χ3v) is 7.10. The highest BCUT2D eigenvalue weighted by Gasteiger charge is 2.25. The molecule has 5 N–H and O–H groups in total. The van der Waals surface area contributed by atoms with E-state index < -0.39 is 18.0 Å². The van der Waals surface area contributed by atoms with Crippen LogP contribution in [-0.2, 0) is 13.2 Å². The van der Waals surface area contributed by atoms with Gasteiger partial charge in [0.15, 0.2) is 5.82 Å². The van der Waals surface area contributed by atoms with Crippen molar-refractivity contribution < 1.29 is 14.6 Å². The smallest absolute Gasteiger partial charge is 0.265 e. The molecule has 0 aliphatic heterocycles. The summed E-state index contributed by atoms with van der Waals surface area (Å²) in [7, 11) is 0. The largest absolute Gasteiger partial charge is 0.395 e. The highest BCUT2D eigenvalue weighted by Crippen LogP contribution is 2.41. The van der Waals surface area contributed by atoms with Gasteiger partial charge in [0.2, 0.25) is 11.9 Å². The standard InChI is InChI=1S/C29H25FN8O3/c30-23-11-18(16-4-5-16)10-17-6-7-38(27(41)25(17)23)24-3-1-2-21(22(24)15-40)26-34-28(32)36-29(35-26)33-19-12-20(13-31)37(14-19)8-9-39/h1-3,6-7,10-12,14,16,39-40H,4-5,8-9,15H2,(H3,32,33,34,35,36). The maximum Gasteiger partial charge on any atom is 0.265 e. The first kappa shape index (κ1) is 26.1. The number of aliphatic hydroxyl groups is 2. The van der Waals surface area contributed by atoms with E-state index in [1.165, 1.54) is 10.6 Å². The monoisotopic (exact) mass is 552 g/mol. The van der Waals surface area contributed by atoms with E-state index in [-0.39, 0.29) is 36.3 Å². The maximum atomic E-state index is 15.1. The number of benzene rings is 2. The van der Waals surface area contributed by atoms with Crippen LogP contribution in [0.4, 0.5) is 22.0 Å². The first-order valence-corrected chi connectivity index (χ1v) is 13.0. The molecular weight excluding hydrogens is 527 g/mol. The molecule has 0 spiro atoms. The molecule has 6 rings (SSSR count). The minimum absolute atomic E-state index is 0.0213. The number of rotatable bonds is 8. The molecule has 0 amide bonds. The van der Waals surface area contributed by atoms with Crippen LogP contribution in [0.3, 0.4) is 0 Å². The van der Waals surface area contributed by atoms with Crippen molar-refractivity contribution in [3.05, 3.63) is 87.9 Å². The fraction of sp³-hybridized carbons (Fsp3) is 0.207. The van der Waals surface area contributed by atoms with E-state index >= 15 is 4.39 Å². The molecule has 41 heavy (non-hydrogen) atoms. The number of nitrogens with one attached hydrogen (secondary N) is 1.